The molecule has 1 aliphatic rings. The molecule has 1 fully saturated rings. The number of piperidine rings is 1. The van der Waals surface area contributed by atoms with E-state index < -0.39 is 0 Å². The molecule has 7 nitrogen and oxygen atoms in total. The third-order valence-corrected chi connectivity index (χ3v) is 5.81. The summed E-state index contributed by atoms with van der Waals surface area (Å²) in [5, 5.41) is 6.72. The molecule has 0 bridgehead atoms. The molecule has 0 radical (unpaired) electrons. The van der Waals surface area contributed by atoms with E-state index in [1.807, 2.05) is 49.9 Å². The third-order valence-electron chi connectivity index (χ3n) is 5.81. The Morgan fingerprint density at radius 2 is 2.00 bits per heavy atom. The van der Waals surface area contributed by atoms with Gasteiger partial charge in [0, 0.05) is 30.9 Å². The molecular weight excluding hydrogens is 392 g/mol. The van der Waals surface area contributed by atoms with Gasteiger partial charge in [-0.25, -0.2) is 9.78 Å². The Kier molecular flexibility index (Phi) is 6.21. The lowest BCUT2D eigenvalue weighted by molar-refractivity contribution is 0.181. The number of rotatable bonds is 5. The molecule has 7 heteroatoms. The maximum atomic E-state index is 12.5. The summed E-state index contributed by atoms with van der Waals surface area (Å²) in [5.74, 6) is 2.36. The summed E-state index contributed by atoms with van der Waals surface area (Å²) in [7, 11) is 0. The van der Waals surface area contributed by atoms with E-state index >= 15 is 0 Å². The van der Waals surface area contributed by atoms with E-state index in [9.17, 15) is 4.79 Å². The zero-order chi connectivity index (χ0) is 21.8. The lowest BCUT2D eigenvalue weighted by Gasteiger charge is -2.31. The van der Waals surface area contributed by atoms with Crippen LogP contribution in [-0.2, 0) is 6.42 Å². The van der Waals surface area contributed by atoms with Gasteiger partial charge in [-0.05, 0) is 69.2 Å². The van der Waals surface area contributed by atoms with Crippen LogP contribution < -0.4 is 10.1 Å². The number of aromatic nitrogens is 2. The van der Waals surface area contributed by atoms with Crippen LogP contribution in [0.1, 0.15) is 35.2 Å². The van der Waals surface area contributed by atoms with Crippen LogP contribution in [0.25, 0.3) is 0 Å². The fraction of sp³-hybridized carbons (Fsp3) is 0.375. The summed E-state index contributed by atoms with van der Waals surface area (Å²) in [4.78, 5) is 18.7. The molecule has 1 aromatic carbocycles. The molecule has 4 rings (SSSR count). The first-order valence-electron chi connectivity index (χ1n) is 10.7. The highest BCUT2D eigenvalue weighted by atomic mass is 16.5. The minimum Gasteiger partial charge on any atom is -0.439 e. The average molecular weight is 421 g/mol. The molecule has 0 saturated carbocycles. The van der Waals surface area contributed by atoms with Gasteiger partial charge in [0.05, 0.1) is 5.69 Å². The van der Waals surface area contributed by atoms with Crippen LogP contribution in [0, 0.1) is 26.7 Å². The molecule has 3 aromatic rings. The molecule has 1 saturated heterocycles. The third kappa shape index (κ3) is 5.23. The summed E-state index contributed by atoms with van der Waals surface area (Å²) >= 11 is 0. The number of aryl methyl sites for hydroxylation is 2. The minimum absolute atomic E-state index is 0.126. The number of pyridine rings is 1. The van der Waals surface area contributed by atoms with Gasteiger partial charge in [-0.15, -0.1) is 0 Å². The standard InChI is InChI=1S/C24H28N4O3/c1-16-7-8-22(25-15-16)30-21-6-4-5-20(14-21)13-19-9-11-28(12-10-19)24(29)26-23-17(2)18(3)27-31-23/h4-8,14-15,19H,9-13H2,1-3H3,(H,26,29). The van der Waals surface area contributed by atoms with E-state index in [-0.39, 0.29) is 6.03 Å². The van der Waals surface area contributed by atoms with Crippen molar-refractivity contribution in [2.24, 2.45) is 5.92 Å². The Balaban J connectivity index is 1.29. The van der Waals surface area contributed by atoms with Crippen LogP contribution in [-0.4, -0.2) is 34.2 Å². The number of amides is 2. The Hall–Kier alpha value is -3.35. The zero-order valence-electron chi connectivity index (χ0n) is 18.2. The maximum absolute atomic E-state index is 12.5. The number of likely N-dealkylation sites (tertiary alicyclic amines) is 1. The van der Waals surface area contributed by atoms with Crippen LogP contribution in [0.5, 0.6) is 11.6 Å². The van der Waals surface area contributed by atoms with Crippen molar-refractivity contribution >= 4 is 11.9 Å². The highest BCUT2D eigenvalue weighted by Gasteiger charge is 2.24. The van der Waals surface area contributed by atoms with Crippen LogP contribution in [0.2, 0.25) is 0 Å². The van der Waals surface area contributed by atoms with Crippen LogP contribution in [0.4, 0.5) is 10.7 Å². The second kappa shape index (κ2) is 9.20. The van der Waals surface area contributed by atoms with Gasteiger partial charge < -0.3 is 14.2 Å². The van der Waals surface area contributed by atoms with Gasteiger partial charge in [0.25, 0.3) is 0 Å². The number of hydrogen-bond donors (Lipinski definition) is 1. The van der Waals surface area contributed by atoms with Gasteiger partial charge in [-0.1, -0.05) is 23.4 Å². The normalized spacial score (nSPS) is 14.5. The first-order valence-corrected chi connectivity index (χ1v) is 10.7. The molecule has 0 unspecified atom stereocenters. The van der Waals surface area contributed by atoms with Crippen molar-refractivity contribution in [2.75, 3.05) is 18.4 Å². The average Bonchev–Trinajstić information content (AvgIpc) is 3.08. The molecule has 1 N–H and O–H groups in total. The molecule has 0 aliphatic carbocycles. The van der Waals surface area contributed by atoms with Crippen molar-refractivity contribution < 1.29 is 14.1 Å². The Labute approximate surface area is 182 Å². The van der Waals surface area contributed by atoms with Crippen molar-refractivity contribution in [1.82, 2.24) is 15.0 Å². The first-order chi connectivity index (χ1) is 15.0. The monoisotopic (exact) mass is 420 g/mol. The number of ether oxygens (including phenoxy) is 1. The van der Waals surface area contributed by atoms with Gasteiger partial charge in [-0.2, -0.15) is 0 Å². The van der Waals surface area contributed by atoms with Crippen LogP contribution in [0.3, 0.4) is 0 Å². The number of anilines is 1. The molecule has 162 valence electrons. The molecule has 0 spiro atoms. The lowest BCUT2D eigenvalue weighted by Crippen LogP contribution is -2.41. The van der Waals surface area contributed by atoms with Gasteiger partial charge in [0.1, 0.15) is 5.75 Å². The maximum Gasteiger partial charge on any atom is 0.324 e. The summed E-state index contributed by atoms with van der Waals surface area (Å²) in [6, 6.07) is 11.9. The molecule has 31 heavy (non-hydrogen) atoms. The summed E-state index contributed by atoms with van der Waals surface area (Å²) in [6.07, 6.45) is 4.70. The van der Waals surface area contributed by atoms with Gasteiger partial charge in [0.2, 0.25) is 11.8 Å². The Morgan fingerprint density at radius 3 is 2.68 bits per heavy atom. The first kappa shape index (κ1) is 20.9. The summed E-state index contributed by atoms with van der Waals surface area (Å²) < 4.78 is 11.1. The van der Waals surface area contributed by atoms with Crippen molar-refractivity contribution in [3.63, 3.8) is 0 Å². The Morgan fingerprint density at radius 1 is 1.19 bits per heavy atom. The number of urea groups is 1. The zero-order valence-corrected chi connectivity index (χ0v) is 18.2. The molecule has 0 atom stereocenters. The van der Waals surface area contributed by atoms with Crippen molar-refractivity contribution in [1.29, 1.82) is 0 Å². The van der Waals surface area contributed by atoms with E-state index in [2.05, 4.69) is 27.6 Å². The summed E-state index contributed by atoms with van der Waals surface area (Å²) in [6.45, 7) is 7.21. The smallest absolute Gasteiger partial charge is 0.324 e. The molecule has 2 aromatic heterocycles. The van der Waals surface area contributed by atoms with E-state index in [1.165, 1.54) is 5.56 Å². The number of nitrogens with zero attached hydrogens (tertiary/aromatic N) is 3. The van der Waals surface area contributed by atoms with Gasteiger partial charge in [-0.3, -0.25) is 5.32 Å². The number of nitrogens with one attached hydrogen (secondary N) is 1. The summed E-state index contributed by atoms with van der Waals surface area (Å²) in [5.41, 5.74) is 4.00. The fourth-order valence-corrected chi connectivity index (χ4v) is 3.75. The molecule has 2 amide bonds. The molecular formula is C24H28N4O3. The van der Waals surface area contributed by atoms with Gasteiger partial charge >= 0.3 is 6.03 Å². The highest BCUT2D eigenvalue weighted by molar-refractivity contribution is 5.88. The molecule has 3 heterocycles. The molecule has 1 aliphatic heterocycles. The highest BCUT2D eigenvalue weighted by Crippen LogP contribution is 2.26. The predicted octanol–water partition coefficient (Wildman–Crippen LogP) is 5.27. The quantitative estimate of drug-likeness (QED) is 0.608. The van der Waals surface area contributed by atoms with Gasteiger partial charge in [0.15, 0.2) is 0 Å². The lowest BCUT2D eigenvalue weighted by atomic mass is 9.90. The minimum atomic E-state index is -0.126. The second-order valence-corrected chi connectivity index (χ2v) is 8.21. The van der Waals surface area contributed by atoms with E-state index in [0.717, 1.165) is 54.9 Å². The Bertz CT molecular complexity index is 1040. The number of carbonyl (C=O) groups excluding carboxylic acids is 1. The van der Waals surface area contributed by atoms with E-state index in [1.54, 1.807) is 6.20 Å². The number of hydrogen-bond acceptors (Lipinski definition) is 5. The van der Waals surface area contributed by atoms with Crippen LogP contribution in [0.15, 0.2) is 47.1 Å². The van der Waals surface area contributed by atoms with Crippen molar-refractivity contribution in [3.05, 3.63) is 65.0 Å². The largest absolute Gasteiger partial charge is 0.439 e. The number of benzene rings is 1. The van der Waals surface area contributed by atoms with Crippen molar-refractivity contribution in [2.45, 2.75) is 40.0 Å². The topological polar surface area (TPSA) is 80.5 Å². The van der Waals surface area contributed by atoms with Crippen molar-refractivity contribution in [3.8, 4) is 11.6 Å². The number of carbonyl (C=O) groups is 1. The fourth-order valence-electron chi connectivity index (χ4n) is 3.75. The predicted molar refractivity (Wildman–Crippen MR) is 118 cm³/mol. The SMILES string of the molecule is Cc1ccc(Oc2cccc(CC3CCN(C(=O)Nc4onc(C)c4C)CC3)c2)nc1. The second-order valence-electron chi connectivity index (χ2n) is 8.21. The van der Waals surface area contributed by atoms with E-state index in [0.29, 0.717) is 17.7 Å². The van der Waals surface area contributed by atoms with E-state index in [4.69, 9.17) is 9.26 Å². The van der Waals surface area contributed by atoms with Crippen LogP contribution >= 0.6 is 0 Å².